The van der Waals surface area contributed by atoms with Crippen molar-refractivity contribution >= 4 is 29.1 Å². The van der Waals surface area contributed by atoms with Gasteiger partial charge in [0.15, 0.2) is 5.96 Å². The maximum absolute atomic E-state index is 11.9. The molecule has 1 heterocycles. The van der Waals surface area contributed by atoms with Gasteiger partial charge in [-0.25, -0.2) is 0 Å². The van der Waals surface area contributed by atoms with Crippen molar-refractivity contribution in [3.63, 3.8) is 0 Å². The Labute approximate surface area is 176 Å². The lowest BCUT2D eigenvalue weighted by atomic mass is 10.1. The zero-order chi connectivity index (χ0) is 20.9. The van der Waals surface area contributed by atoms with Crippen LogP contribution in [-0.2, 0) is 6.42 Å². The van der Waals surface area contributed by atoms with Crippen LogP contribution in [0.1, 0.15) is 38.9 Å². The minimum absolute atomic E-state index is 0.0343. The van der Waals surface area contributed by atoms with Crippen molar-refractivity contribution in [2.24, 2.45) is 4.99 Å². The largest absolute Gasteiger partial charge is 0.357 e. The van der Waals surface area contributed by atoms with E-state index < -0.39 is 0 Å². The van der Waals surface area contributed by atoms with Crippen LogP contribution in [0.15, 0.2) is 46.8 Å². The highest BCUT2D eigenvalue weighted by atomic mass is 32.1. The highest BCUT2D eigenvalue weighted by Gasteiger charge is 2.05. The van der Waals surface area contributed by atoms with Gasteiger partial charge in [-0.1, -0.05) is 18.2 Å². The molecule has 0 radical (unpaired) electrons. The van der Waals surface area contributed by atoms with Gasteiger partial charge in [-0.05, 0) is 48.9 Å². The average Bonchev–Trinajstić information content (AvgIpc) is 3.28. The number of nitrogens with zero attached hydrogens (tertiary/aromatic N) is 1. The molecule has 0 spiro atoms. The first-order valence-corrected chi connectivity index (χ1v) is 10.7. The Hall–Kier alpha value is -2.87. The Kier molecular flexibility index (Phi) is 9.71. The molecule has 0 saturated carbocycles. The van der Waals surface area contributed by atoms with Crippen LogP contribution in [0.2, 0.25) is 0 Å². The van der Waals surface area contributed by atoms with E-state index in [9.17, 15) is 9.59 Å². The van der Waals surface area contributed by atoms with Gasteiger partial charge in [0.25, 0.3) is 11.8 Å². The molecular weight excluding hydrogens is 386 g/mol. The van der Waals surface area contributed by atoms with Gasteiger partial charge in [0, 0.05) is 38.8 Å². The van der Waals surface area contributed by atoms with Gasteiger partial charge in [0.1, 0.15) is 0 Å². The fraction of sp³-hybridized carbons (Fsp3) is 0.381. The van der Waals surface area contributed by atoms with Gasteiger partial charge in [-0.2, -0.15) is 0 Å². The lowest BCUT2D eigenvalue weighted by Gasteiger charge is -2.12. The Morgan fingerprint density at radius 2 is 1.90 bits per heavy atom. The van der Waals surface area contributed by atoms with E-state index >= 15 is 0 Å². The van der Waals surface area contributed by atoms with E-state index in [0.717, 1.165) is 35.8 Å². The van der Waals surface area contributed by atoms with Gasteiger partial charge in [-0.15, -0.1) is 11.3 Å². The summed E-state index contributed by atoms with van der Waals surface area (Å²) >= 11 is 1.44. The molecule has 1 aromatic heterocycles. The monoisotopic (exact) mass is 415 g/mol. The third-order valence-electron chi connectivity index (χ3n) is 4.10. The molecule has 4 N–H and O–H groups in total. The van der Waals surface area contributed by atoms with Gasteiger partial charge in [0.2, 0.25) is 0 Å². The maximum Gasteiger partial charge on any atom is 0.261 e. The molecule has 0 atom stereocenters. The molecular formula is C21H29N5O2S. The molecule has 0 saturated heterocycles. The Morgan fingerprint density at radius 3 is 2.62 bits per heavy atom. The lowest BCUT2D eigenvalue weighted by molar-refractivity contribution is 0.0951. The van der Waals surface area contributed by atoms with Crippen LogP contribution in [0.25, 0.3) is 0 Å². The molecule has 0 aliphatic carbocycles. The van der Waals surface area contributed by atoms with E-state index in [1.165, 1.54) is 11.3 Å². The van der Waals surface area contributed by atoms with E-state index in [4.69, 9.17) is 0 Å². The van der Waals surface area contributed by atoms with Gasteiger partial charge < -0.3 is 21.3 Å². The zero-order valence-electron chi connectivity index (χ0n) is 17.0. The molecule has 2 aromatic rings. The molecule has 0 aliphatic heterocycles. The predicted molar refractivity (Wildman–Crippen MR) is 119 cm³/mol. The minimum Gasteiger partial charge on any atom is -0.357 e. The first kappa shape index (κ1) is 22.4. The fourth-order valence-corrected chi connectivity index (χ4v) is 3.29. The second-order valence-electron chi connectivity index (χ2n) is 6.30. The quantitative estimate of drug-likeness (QED) is 0.271. The van der Waals surface area contributed by atoms with Crippen molar-refractivity contribution in [2.45, 2.75) is 19.8 Å². The van der Waals surface area contributed by atoms with Crippen LogP contribution in [0.3, 0.4) is 0 Å². The molecule has 0 fully saturated rings. The zero-order valence-corrected chi connectivity index (χ0v) is 17.8. The van der Waals surface area contributed by atoms with Crippen LogP contribution in [0, 0.1) is 0 Å². The van der Waals surface area contributed by atoms with Crippen molar-refractivity contribution in [3.8, 4) is 0 Å². The van der Waals surface area contributed by atoms with E-state index in [1.807, 2.05) is 42.6 Å². The normalized spacial score (nSPS) is 11.0. The fourth-order valence-electron chi connectivity index (χ4n) is 2.65. The van der Waals surface area contributed by atoms with Crippen LogP contribution in [0.5, 0.6) is 0 Å². The van der Waals surface area contributed by atoms with Gasteiger partial charge in [-0.3, -0.25) is 14.6 Å². The Balaban J connectivity index is 1.73. The molecule has 8 heteroatoms. The summed E-state index contributed by atoms with van der Waals surface area (Å²) in [4.78, 5) is 28.9. The first-order valence-electron chi connectivity index (χ1n) is 9.79. The number of rotatable bonds is 10. The summed E-state index contributed by atoms with van der Waals surface area (Å²) in [5, 5.41) is 14.0. The van der Waals surface area contributed by atoms with Crippen LogP contribution in [0.4, 0.5) is 0 Å². The smallest absolute Gasteiger partial charge is 0.261 e. The molecule has 0 unspecified atom stereocenters. The topological polar surface area (TPSA) is 94.6 Å². The van der Waals surface area contributed by atoms with E-state index in [0.29, 0.717) is 25.2 Å². The highest BCUT2D eigenvalue weighted by molar-refractivity contribution is 7.12. The summed E-state index contributed by atoms with van der Waals surface area (Å²) in [5.41, 5.74) is 1.75. The lowest BCUT2D eigenvalue weighted by Crippen LogP contribution is -2.38. The van der Waals surface area contributed by atoms with Crippen molar-refractivity contribution in [1.29, 1.82) is 0 Å². The maximum atomic E-state index is 11.9. The summed E-state index contributed by atoms with van der Waals surface area (Å²) in [5.74, 6) is 0.633. The number of hydrogen-bond donors (Lipinski definition) is 4. The molecule has 0 bridgehead atoms. The second-order valence-corrected chi connectivity index (χ2v) is 7.25. The molecule has 29 heavy (non-hydrogen) atoms. The Morgan fingerprint density at radius 1 is 1.03 bits per heavy atom. The van der Waals surface area contributed by atoms with E-state index in [1.54, 1.807) is 13.1 Å². The van der Waals surface area contributed by atoms with Crippen molar-refractivity contribution < 1.29 is 9.59 Å². The standard InChI is InChI=1S/C21H29N5O2S/c1-3-23-21(25-12-6-11-24-20(28)18-9-5-14-29-18)26-13-10-16-7-4-8-17(15-16)19(27)22-2/h4-5,7-9,14-15H,3,6,10-13H2,1-2H3,(H,22,27)(H,24,28)(H2,23,25,26). The van der Waals surface area contributed by atoms with Gasteiger partial charge in [0.05, 0.1) is 4.88 Å². The predicted octanol–water partition coefficient (Wildman–Crippen LogP) is 2.03. The van der Waals surface area contributed by atoms with Crippen LogP contribution in [-0.4, -0.2) is 51.0 Å². The average molecular weight is 416 g/mol. The summed E-state index contributed by atoms with van der Waals surface area (Å²) < 4.78 is 0. The van der Waals surface area contributed by atoms with Crippen molar-refractivity contribution in [3.05, 3.63) is 57.8 Å². The van der Waals surface area contributed by atoms with Gasteiger partial charge >= 0.3 is 0 Å². The third kappa shape index (κ3) is 7.95. The van der Waals surface area contributed by atoms with Crippen LogP contribution < -0.4 is 21.3 Å². The summed E-state index contributed by atoms with van der Waals surface area (Å²) in [6, 6.07) is 11.3. The molecule has 7 nitrogen and oxygen atoms in total. The minimum atomic E-state index is -0.0825. The molecule has 0 aliphatic rings. The van der Waals surface area contributed by atoms with Crippen LogP contribution >= 0.6 is 11.3 Å². The number of nitrogens with one attached hydrogen (secondary N) is 4. The number of carbonyl (C=O) groups is 2. The first-order chi connectivity index (χ1) is 14.1. The number of hydrogen-bond acceptors (Lipinski definition) is 4. The molecule has 2 amide bonds. The van der Waals surface area contributed by atoms with E-state index in [2.05, 4.69) is 26.3 Å². The summed E-state index contributed by atoms with van der Waals surface area (Å²) in [7, 11) is 1.63. The summed E-state index contributed by atoms with van der Waals surface area (Å²) in [6.45, 7) is 4.70. The Bertz CT molecular complexity index is 805. The SMILES string of the molecule is CCNC(=NCCCNC(=O)c1cccs1)NCCc1cccc(C(=O)NC)c1. The highest BCUT2D eigenvalue weighted by Crippen LogP contribution is 2.07. The number of guanidine groups is 1. The third-order valence-corrected chi connectivity index (χ3v) is 4.97. The molecule has 156 valence electrons. The number of benzene rings is 1. The number of thiophene rings is 1. The van der Waals surface area contributed by atoms with E-state index in [-0.39, 0.29) is 11.8 Å². The number of amides is 2. The number of aliphatic imine (C=N–C) groups is 1. The summed E-state index contributed by atoms with van der Waals surface area (Å²) in [6.07, 6.45) is 1.55. The number of carbonyl (C=O) groups excluding carboxylic acids is 2. The molecule has 1 aromatic carbocycles. The molecule has 2 rings (SSSR count). The van der Waals surface area contributed by atoms with Crippen molar-refractivity contribution in [1.82, 2.24) is 21.3 Å². The van der Waals surface area contributed by atoms with Crippen molar-refractivity contribution in [2.75, 3.05) is 33.2 Å². The second kappa shape index (κ2) is 12.6.